The summed E-state index contributed by atoms with van der Waals surface area (Å²) in [4.78, 5) is 4.06. The molecule has 0 saturated carbocycles. The molecule has 0 aliphatic rings. The Morgan fingerprint density at radius 2 is 2.38 bits per heavy atom. The molecule has 0 aliphatic carbocycles. The van der Waals surface area contributed by atoms with Gasteiger partial charge in [-0.1, -0.05) is 0 Å². The first-order chi connectivity index (χ1) is 3.93. The minimum atomic E-state index is -1.18. The predicted molar refractivity (Wildman–Crippen MR) is 29.7 cm³/mol. The SMILES string of the molecule is [Cl][Hg][c]1ccccn1. The monoisotopic (exact) mass is 315 g/mol. The quantitative estimate of drug-likeness (QED) is 0.703. The predicted octanol–water partition coefficient (Wildman–Crippen LogP) is 0.943. The van der Waals surface area contributed by atoms with Crippen molar-refractivity contribution in [2.24, 2.45) is 0 Å². The number of halogens is 1. The molecule has 0 N–H and O–H groups in total. The molecule has 8 heavy (non-hydrogen) atoms. The molecule has 0 atom stereocenters. The number of rotatable bonds is 1. The molecule has 0 radical (unpaired) electrons. The normalized spacial score (nSPS) is 8.12. The molecule has 1 heterocycles. The fourth-order valence-corrected chi connectivity index (χ4v) is 3.42. The van der Waals surface area contributed by atoms with Crippen LogP contribution >= 0.6 is 8.25 Å². The fourth-order valence-electron chi connectivity index (χ4n) is 0.477. The van der Waals surface area contributed by atoms with Crippen LogP contribution in [0.15, 0.2) is 24.4 Å². The van der Waals surface area contributed by atoms with E-state index in [2.05, 4.69) is 4.98 Å². The van der Waals surface area contributed by atoms with Gasteiger partial charge in [0.05, 0.1) is 0 Å². The summed E-state index contributed by atoms with van der Waals surface area (Å²) in [7, 11) is 5.69. The van der Waals surface area contributed by atoms with Gasteiger partial charge < -0.3 is 0 Å². The second-order valence-corrected chi connectivity index (χ2v) is 7.66. The van der Waals surface area contributed by atoms with Gasteiger partial charge in [0.2, 0.25) is 0 Å². The van der Waals surface area contributed by atoms with E-state index < -0.39 is 23.3 Å². The Labute approximate surface area is 64.0 Å². The molecule has 1 aromatic rings. The van der Waals surface area contributed by atoms with Gasteiger partial charge in [0, 0.05) is 0 Å². The third-order valence-corrected chi connectivity index (χ3v) is 5.96. The van der Waals surface area contributed by atoms with Crippen LogP contribution in [-0.2, 0) is 23.3 Å². The molecule has 38 valence electrons. The molecular weight excluding hydrogens is 310 g/mol. The molecule has 1 rings (SSSR count). The maximum absolute atomic E-state index is 5.69. The van der Waals surface area contributed by atoms with Crippen LogP contribution in [-0.4, -0.2) is 4.98 Å². The number of hydrogen-bond donors (Lipinski definition) is 0. The van der Waals surface area contributed by atoms with Gasteiger partial charge in [-0.3, -0.25) is 0 Å². The third kappa shape index (κ3) is 1.71. The van der Waals surface area contributed by atoms with E-state index in [4.69, 9.17) is 8.25 Å². The maximum atomic E-state index is 5.69. The van der Waals surface area contributed by atoms with Crippen molar-refractivity contribution in [2.45, 2.75) is 0 Å². The van der Waals surface area contributed by atoms with E-state index in [1.54, 1.807) is 6.20 Å². The van der Waals surface area contributed by atoms with Gasteiger partial charge in [-0.2, -0.15) is 0 Å². The Hall–Kier alpha value is 0.375. The zero-order valence-corrected chi connectivity index (χ0v) is 10.6. The van der Waals surface area contributed by atoms with Crippen LogP contribution in [0.1, 0.15) is 0 Å². The van der Waals surface area contributed by atoms with E-state index in [0.717, 1.165) is 3.20 Å². The molecule has 0 bridgehead atoms. The molecule has 3 heteroatoms. The summed E-state index contributed by atoms with van der Waals surface area (Å²) in [6, 6.07) is 5.88. The Kier molecular flexibility index (Phi) is 2.77. The summed E-state index contributed by atoms with van der Waals surface area (Å²) in [5, 5.41) is 0. The van der Waals surface area contributed by atoms with Crippen LogP contribution in [0.25, 0.3) is 0 Å². The van der Waals surface area contributed by atoms with E-state index in [0.29, 0.717) is 0 Å². The second kappa shape index (κ2) is 3.41. The second-order valence-electron chi connectivity index (χ2n) is 1.45. The zero-order chi connectivity index (χ0) is 5.82. The van der Waals surface area contributed by atoms with Crippen molar-refractivity contribution in [1.29, 1.82) is 0 Å². The van der Waals surface area contributed by atoms with Crippen molar-refractivity contribution in [2.75, 3.05) is 0 Å². The molecular formula is C5H4ClHgN. The summed E-state index contributed by atoms with van der Waals surface area (Å²) in [6.07, 6.45) is 1.79. The van der Waals surface area contributed by atoms with Crippen LogP contribution < -0.4 is 3.20 Å². The van der Waals surface area contributed by atoms with Gasteiger partial charge in [-0.15, -0.1) is 0 Å². The molecule has 0 fully saturated rings. The van der Waals surface area contributed by atoms with E-state index in [9.17, 15) is 0 Å². The van der Waals surface area contributed by atoms with E-state index >= 15 is 0 Å². The summed E-state index contributed by atoms with van der Waals surface area (Å²) in [5.74, 6) is 0. The summed E-state index contributed by atoms with van der Waals surface area (Å²) in [6.45, 7) is 0. The fraction of sp³-hybridized carbons (Fsp3) is 0. The molecule has 0 aliphatic heterocycles. The van der Waals surface area contributed by atoms with E-state index in [-0.39, 0.29) is 0 Å². The number of nitrogens with zero attached hydrogens (tertiary/aromatic N) is 1. The van der Waals surface area contributed by atoms with E-state index in [1.165, 1.54) is 0 Å². The van der Waals surface area contributed by atoms with Crippen molar-refractivity contribution < 1.29 is 23.3 Å². The molecule has 1 nitrogen and oxygen atoms in total. The summed E-state index contributed by atoms with van der Waals surface area (Å²) >= 11 is -1.18. The molecule has 0 unspecified atom stereocenters. The van der Waals surface area contributed by atoms with Gasteiger partial charge in [0.1, 0.15) is 0 Å². The molecule has 1 aromatic heterocycles. The zero-order valence-electron chi connectivity index (χ0n) is 4.34. The number of pyridine rings is 1. The number of aromatic nitrogens is 1. The van der Waals surface area contributed by atoms with Crippen molar-refractivity contribution in [3.63, 3.8) is 0 Å². The van der Waals surface area contributed by atoms with Crippen LogP contribution in [0.5, 0.6) is 0 Å². The molecule has 0 amide bonds. The Morgan fingerprint density at radius 1 is 1.50 bits per heavy atom. The van der Waals surface area contributed by atoms with Gasteiger partial charge >= 0.3 is 64.2 Å². The van der Waals surface area contributed by atoms with Gasteiger partial charge in [0.15, 0.2) is 0 Å². The minimum absolute atomic E-state index is 1.15. The van der Waals surface area contributed by atoms with Gasteiger partial charge in [0.25, 0.3) is 0 Å². The van der Waals surface area contributed by atoms with Crippen molar-refractivity contribution in [1.82, 2.24) is 4.98 Å². The summed E-state index contributed by atoms with van der Waals surface area (Å²) < 4.78 is 1.15. The molecule has 0 saturated heterocycles. The van der Waals surface area contributed by atoms with E-state index in [1.807, 2.05) is 18.2 Å². The van der Waals surface area contributed by atoms with Crippen molar-refractivity contribution in [3.8, 4) is 0 Å². The Morgan fingerprint density at radius 3 is 2.75 bits per heavy atom. The van der Waals surface area contributed by atoms with Crippen LogP contribution in [0.2, 0.25) is 0 Å². The third-order valence-electron chi connectivity index (χ3n) is 0.863. The average Bonchev–Trinajstić information content (AvgIpc) is 1.90. The Balaban J connectivity index is 2.83. The first-order valence-corrected chi connectivity index (χ1v) is 11.9. The standard InChI is InChI=1S/C5H4N.ClH.Hg/c1-2-4-6-5-3-1;;/h1-4H;1H;/q;;+1/p-1. The number of hydrogen-bond acceptors (Lipinski definition) is 1. The molecule has 0 aromatic carbocycles. The van der Waals surface area contributed by atoms with Crippen molar-refractivity contribution >= 4 is 11.5 Å². The first kappa shape index (κ1) is 6.49. The topological polar surface area (TPSA) is 12.9 Å². The molecule has 0 spiro atoms. The first-order valence-electron chi connectivity index (χ1n) is 2.39. The Bertz CT molecular complexity index is 154. The van der Waals surface area contributed by atoms with Crippen molar-refractivity contribution in [3.05, 3.63) is 24.4 Å². The average molecular weight is 314 g/mol. The van der Waals surface area contributed by atoms with Gasteiger partial charge in [-0.25, -0.2) is 0 Å². The summed E-state index contributed by atoms with van der Waals surface area (Å²) in [5.41, 5.74) is 0. The van der Waals surface area contributed by atoms with Crippen LogP contribution in [0, 0.1) is 0 Å². The van der Waals surface area contributed by atoms with Crippen LogP contribution in [0.3, 0.4) is 0 Å². The van der Waals surface area contributed by atoms with Gasteiger partial charge in [-0.05, 0) is 0 Å². The van der Waals surface area contributed by atoms with Crippen LogP contribution in [0.4, 0.5) is 0 Å².